The van der Waals surface area contributed by atoms with E-state index < -0.39 is 0 Å². The fraction of sp³-hybridized carbons (Fsp3) is 0.588. The van der Waals surface area contributed by atoms with Crippen LogP contribution in [0.15, 0.2) is 18.2 Å². The van der Waals surface area contributed by atoms with Crippen molar-refractivity contribution < 1.29 is 4.39 Å². The molecule has 1 heterocycles. The van der Waals surface area contributed by atoms with E-state index in [9.17, 15) is 4.39 Å². The zero-order valence-electron chi connectivity index (χ0n) is 12.8. The summed E-state index contributed by atoms with van der Waals surface area (Å²) in [6.45, 7) is 3.16. The van der Waals surface area contributed by atoms with Crippen molar-refractivity contribution >= 4 is 23.3 Å². The van der Waals surface area contributed by atoms with E-state index in [0.29, 0.717) is 4.77 Å². The zero-order chi connectivity index (χ0) is 15.1. The van der Waals surface area contributed by atoms with Gasteiger partial charge in [0.2, 0.25) is 0 Å². The van der Waals surface area contributed by atoms with Crippen molar-refractivity contribution in [2.45, 2.75) is 64.8 Å². The largest absolute Gasteiger partial charge is 0.330 e. The SMILES string of the molecule is CCCCCCCCCCn1c(=S)[nH]c2cc(F)ccc21. The molecule has 2 rings (SSSR count). The molecule has 0 atom stereocenters. The number of aromatic amines is 1. The summed E-state index contributed by atoms with van der Waals surface area (Å²) in [5.74, 6) is -0.224. The fourth-order valence-corrected chi connectivity index (χ4v) is 3.06. The summed E-state index contributed by atoms with van der Waals surface area (Å²) >= 11 is 5.33. The molecule has 2 nitrogen and oxygen atoms in total. The fourth-order valence-electron chi connectivity index (χ4n) is 2.76. The van der Waals surface area contributed by atoms with Gasteiger partial charge in [-0.2, -0.15) is 0 Å². The molecule has 1 N–H and O–H groups in total. The maximum atomic E-state index is 13.2. The van der Waals surface area contributed by atoms with Crippen molar-refractivity contribution in [2.24, 2.45) is 0 Å². The molecule has 0 fully saturated rings. The average molecular weight is 308 g/mol. The van der Waals surface area contributed by atoms with Crippen LogP contribution in [0.2, 0.25) is 0 Å². The first kappa shape index (κ1) is 16.2. The lowest BCUT2D eigenvalue weighted by Crippen LogP contribution is -1.98. The normalized spacial score (nSPS) is 11.3. The number of nitrogens with one attached hydrogen (secondary N) is 1. The number of aryl methyl sites for hydroxylation is 1. The van der Waals surface area contributed by atoms with Gasteiger partial charge in [0.1, 0.15) is 5.82 Å². The van der Waals surface area contributed by atoms with Crippen LogP contribution in [-0.4, -0.2) is 9.55 Å². The molecule has 116 valence electrons. The number of nitrogens with zero attached hydrogens (tertiary/aromatic N) is 1. The molecule has 0 saturated heterocycles. The van der Waals surface area contributed by atoms with Crippen LogP contribution in [0.1, 0.15) is 58.3 Å². The zero-order valence-corrected chi connectivity index (χ0v) is 13.6. The summed E-state index contributed by atoms with van der Waals surface area (Å²) in [5.41, 5.74) is 1.80. The molecule has 0 radical (unpaired) electrons. The predicted molar refractivity (Wildman–Crippen MR) is 89.7 cm³/mol. The molecule has 21 heavy (non-hydrogen) atoms. The number of unbranched alkanes of at least 4 members (excludes halogenated alkanes) is 7. The van der Waals surface area contributed by atoms with Crippen LogP contribution >= 0.6 is 12.2 Å². The summed E-state index contributed by atoms with van der Waals surface area (Å²) in [5, 5.41) is 0. The quantitative estimate of drug-likeness (QED) is 0.446. The molecular weight excluding hydrogens is 283 g/mol. The maximum Gasteiger partial charge on any atom is 0.178 e. The Balaban J connectivity index is 1.79. The number of rotatable bonds is 9. The van der Waals surface area contributed by atoms with Gasteiger partial charge in [-0.1, -0.05) is 51.9 Å². The molecule has 1 aromatic carbocycles. The molecule has 0 unspecified atom stereocenters. The Hall–Kier alpha value is -1.16. The number of fused-ring (bicyclic) bond motifs is 1. The first-order chi connectivity index (χ1) is 10.2. The van der Waals surface area contributed by atoms with E-state index >= 15 is 0 Å². The minimum absolute atomic E-state index is 0.224. The molecule has 0 amide bonds. The third kappa shape index (κ3) is 4.67. The topological polar surface area (TPSA) is 20.7 Å². The standard InChI is InChI=1S/C17H25FN2S/c1-2-3-4-5-6-7-8-9-12-20-16-11-10-14(18)13-15(16)19-17(20)21/h10-11,13H,2-9,12H2,1H3,(H,19,21). The monoisotopic (exact) mass is 308 g/mol. The van der Waals surface area contributed by atoms with Crippen LogP contribution in [0.5, 0.6) is 0 Å². The Kier molecular flexibility index (Phi) is 6.43. The lowest BCUT2D eigenvalue weighted by molar-refractivity contribution is 0.546. The highest BCUT2D eigenvalue weighted by molar-refractivity contribution is 7.71. The molecule has 0 aliphatic heterocycles. The van der Waals surface area contributed by atoms with E-state index in [2.05, 4.69) is 16.5 Å². The molecule has 2 aromatic rings. The van der Waals surface area contributed by atoms with Crippen LogP contribution in [0.4, 0.5) is 4.39 Å². The third-order valence-corrected chi connectivity index (χ3v) is 4.29. The maximum absolute atomic E-state index is 13.2. The van der Waals surface area contributed by atoms with Gasteiger partial charge in [-0.15, -0.1) is 0 Å². The Morgan fingerprint density at radius 1 is 1.05 bits per heavy atom. The average Bonchev–Trinajstić information content (AvgIpc) is 2.76. The summed E-state index contributed by atoms with van der Waals surface area (Å²) in [7, 11) is 0. The first-order valence-corrected chi connectivity index (χ1v) is 8.51. The second-order valence-electron chi connectivity index (χ2n) is 5.72. The number of H-pyrrole nitrogens is 1. The van der Waals surface area contributed by atoms with Gasteiger partial charge in [-0.25, -0.2) is 4.39 Å². The Labute approximate surface area is 131 Å². The Morgan fingerprint density at radius 3 is 2.43 bits per heavy atom. The predicted octanol–water partition coefficient (Wildman–Crippen LogP) is 5.98. The van der Waals surface area contributed by atoms with Crippen molar-refractivity contribution in [1.29, 1.82) is 0 Å². The number of hydrogen-bond donors (Lipinski definition) is 1. The minimum Gasteiger partial charge on any atom is -0.330 e. The molecule has 4 heteroatoms. The lowest BCUT2D eigenvalue weighted by Gasteiger charge is -2.05. The number of aromatic nitrogens is 2. The summed E-state index contributed by atoms with van der Waals surface area (Å²) < 4.78 is 16.0. The van der Waals surface area contributed by atoms with E-state index in [1.165, 1.54) is 57.1 Å². The van der Waals surface area contributed by atoms with Crippen molar-refractivity contribution in [2.75, 3.05) is 0 Å². The highest BCUT2D eigenvalue weighted by Gasteiger charge is 2.05. The van der Waals surface area contributed by atoms with Gasteiger partial charge in [-0.05, 0) is 36.8 Å². The Bertz CT molecular complexity index is 615. The van der Waals surface area contributed by atoms with Gasteiger partial charge in [-0.3, -0.25) is 0 Å². The molecule has 0 spiro atoms. The van der Waals surface area contributed by atoms with Crippen molar-refractivity contribution in [3.05, 3.63) is 28.8 Å². The Morgan fingerprint density at radius 2 is 1.71 bits per heavy atom. The van der Waals surface area contributed by atoms with E-state index in [1.54, 1.807) is 0 Å². The number of imidazole rings is 1. The number of halogens is 1. The van der Waals surface area contributed by atoms with Crippen LogP contribution in [0.3, 0.4) is 0 Å². The van der Waals surface area contributed by atoms with Crippen LogP contribution in [0.25, 0.3) is 11.0 Å². The minimum atomic E-state index is -0.224. The third-order valence-electron chi connectivity index (χ3n) is 3.97. The van der Waals surface area contributed by atoms with E-state index in [0.717, 1.165) is 24.0 Å². The van der Waals surface area contributed by atoms with E-state index in [4.69, 9.17) is 12.2 Å². The molecule has 0 aliphatic rings. The molecular formula is C17H25FN2S. The second-order valence-corrected chi connectivity index (χ2v) is 6.10. The first-order valence-electron chi connectivity index (χ1n) is 8.10. The number of hydrogen-bond acceptors (Lipinski definition) is 1. The summed E-state index contributed by atoms with van der Waals surface area (Å²) in [4.78, 5) is 3.08. The van der Waals surface area contributed by atoms with Gasteiger partial charge in [0, 0.05) is 6.54 Å². The molecule has 0 aliphatic carbocycles. The highest BCUT2D eigenvalue weighted by Crippen LogP contribution is 2.17. The van der Waals surface area contributed by atoms with Gasteiger partial charge in [0.15, 0.2) is 4.77 Å². The highest BCUT2D eigenvalue weighted by atomic mass is 32.1. The van der Waals surface area contributed by atoms with Crippen LogP contribution < -0.4 is 0 Å². The van der Waals surface area contributed by atoms with Gasteiger partial charge >= 0.3 is 0 Å². The van der Waals surface area contributed by atoms with E-state index in [-0.39, 0.29) is 5.82 Å². The van der Waals surface area contributed by atoms with Gasteiger partial charge < -0.3 is 9.55 Å². The number of benzene rings is 1. The summed E-state index contributed by atoms with van der Waals surface area (Å²) in [6, 6.07) is 4.81. The van der Waals surface area contributed by atoms with Gasteiger partial charge in [0.05, 0.1) is 11.0 Å². The molecule has 1 aromatic heterocycles. The van der Waals surface area contributed by atoms with Gasteiger partial charge in [0.25, 0.3) is 0 Å². The van der Waals surface area contributed by atoms with Crippen LogP contribution in [-0.2, 0) is 6.54 Å². The van der Waals surface area contributed by atoms with Crippen molar-refractivity contribution in [1.82, 2.24) is 9.55 Å². The van der Waals surface area contributed by atoms with Crippen LogP contribution in [0, 0.1) is 10.6 Å². The molecule has 0 bridgehead atoms. The van der Waals surface area contributed by atoms with Crippen molar-refractivity contribution in [3.8, 4) is 0 Å². The molecule has 0 saturated carbocycles. The van der Waals surface area contributed by atoms with E-state index in [1.807, 2.05) is 6.07 Å². The van der Waals surface area contributed by atoms with Crippen molar-refractivity contribution in [3.63, 3.8) is 0 Å². The second kappa shape index (κ2) is 8.32. The summed E-state index contributed by atoms with van der Waals surface area (Å²) in [6.07, 6.45) is 10.4. The lowest BCUT2D eigenvalue weighted by atomic mass is 10.1. The smallest absolute Gasteiger partial charge is 0.178 e.